The zero-order valence-corrected chi connectivity index (χ0v) is 18.6. The number of benzene rings is 3. The van der Waals surface area contributed by atoms with Crippen molar-refractivity contribution < 1.29 is 4.53 Å². The first-order chi connectivity index (χ1) is 15.2. The second-order valence-electron chi connectivity index (χ2n) is 7.35. The topological polar surface area (TPSA) is 50.3 Å². The molecule has 0 saturated carbocycles. The summed E-state index contributed by atoms with van der Waals surface area (Å²) in [6, 6.07) is 35.0. The summed E-state index contributed by atoms with van der Waals surface area (Å²) in [7, 11) is -1.02. The minimum absolute atomic E-state index is 0.582. The third kappa shape index (κ3) is 3.81. The molecule has 1 aromatic heterocycles. The van der Waals surface area contributed by atoms with Crippen LogP contribution in [0.3, 0.4) is 0 Å². The van der Waals surface area contributed by atoms with Crippen LogP contribution >= 0.6 is 0 Å². The predicted molar refractivity (Wildman–Crippen MR) is 127 cm³/mol. The fraction of sp³-hybridized carbons (Fsp3) is 0.0769. The van der Waals surface area contributed by atoms with Crippen molar-refractivity contribution in [2.24, 2.45) is 12.2 Å². The highest BCUT2D eigenvalue weighted by atomic mass is 28.4. The average molecular weight is 422 g/mol. The number of nitrogens with zero attached hydrogens (tertiary/aromatic N) is 3. The number of rotatable bonds is 6. The van der Waals surface area contributed by atoms with E-state index in [4.69, 9.17) is 4.53 Å². The van der Waals surface area contributed by atoms with Gasteiger partial charge >= 0.3 is 8.32 Å². The molecular formula is C26H23N3OSi. The number of nitriles is 1. The zero-order valence-electron chi connectivity index (χ0n) is 17.6. The molecule has 4 nitrogen and oxygen atoms in total. The van der Waals surface area contributed by atoms with E-state index >= 15 is 0 Å². The van der Waals surface area contributed by atoms with Gasteiger partial charge in [-0.2, -0.15) is 5.26 Å². The molecule has 0 aliphatic rings. The van der Waals surface area contributed by atoms with E-state index in [2.05, 4.69) is 47.6 Å². The molecule has 0 radical (unpaired) electrons. The lowest BCUT2D eigenvalue weighted by molar-refractivity contribution is 0.348. The van der Waals surface area contributed by atoms with Gasteiger partial charge in [0, 0.05) is 13.2 Å². The number of hydrogen-bond acceptors (Lipinski definition) is 3. The second kappa shape index (κ2) is 8.86. The molecule has 3 aromatic carbocycles. The van der Waals surface area contributed by atoms with Gasteiger partial charge < -0.3 is 9.09 Å². The Kier molecular flexibility index (Phi) is 5.83. The maximum atomic E-state index is 9.49. The Balaban J connectivity index is 1.93. The average Bonchev–Trinajstić information content (AvgIpc) is 3.22. The fourth-order valence-corrected chi connectivity index (χ4v) is 7.50. The lowest BCUT2D eigenvalue weighted by atomic mass is 10.2. The first kappa shape index (κ1) is 20.4. The van der Waals surface area contributed by atoms with E-state index in [0.29, 0.717) is 11.3 Å². The molecule has 0 atom stereocenters. The van der Waals surface area contributed by atoms with Gasteiger partial charge in [-0.25, -0.2) is 0 Å². The lowest BCUT2D eigenvalue weighted by Gasteiger charge is -2.30. The first-order valence-electron chi connectivity index (χ1n) is 10.1. The summed E-state index contributed by atoms with van der Waals surface area (Å²) in [6.45, 7) is 1.89. The van der Waals surface area contributed by atoms with Crippen molar-refractivity contribution >= 4 is 29.6 Å². The Bertz CT molecular complexity index is 1130. The summed E-state index contributed by atoms with van der Waals surface area (Å²) < 4.78 is 8.53. The van der Waals surface area contributed by atoms with Crippen molar-refractivity contribution in [1.29, 1.82) is 5.26 Å². The highest BCUT2D eigenvalue weighted by molar-refractivity contribution is 7.07. The first-order valence-corrected chi connectivity index (χ1v) is 12.0. The molecule has 0 fully saturated rings. The van der Waals surface area contributed by atoms with Gasteiger partial charge in [0.1, 0.15) is 11.8 Å². The molecule has 4 aromatic rings. The van der Waals surface area contributed by atoms with Gasteiger partial charge in [-0.1, -0.05) is 91.0 Å². The molecule has 4 rings (SSSR count). The minimum Gasteiger partial charge on any atom is -0.438 e. The van der Waals surface area contributed by atoms with Gasteiger partial charge in [0.25, 0.3) is 0 Å². The second-order valence-corrected chi connectivity index (χ2v) is 10.6. The normalized spacial score (nSPS) is 11.7. The summed E-state index contributed by atoms with van der Waals surface area (Å²) in [5.41, 5.74) is 2.02. The maximum absolute atomic E-state index is 9.49. The van der Waals surface area contributed by atoms with Crippen LogP contribution in [0.5, 0.6) is 0 Å². The summed E-state index contributed by atoms with van der Waals surface area (Å²) in [5, 5.41) is 17.5. The predicted octanol–water partition coefficient (Wildman–Crippen LogP) is 3.30. The molecule has 0 unspecified atom stereocenters. The third-order valence-corrected chi connectivity index (χ3v) is 9.20. The quantitative estimate of drug-likeness (QED) is 0.208. The summed E-state index contributed by atoms with van der Waals surface area (Å²) in [5.74, 6) is 0. The molecule has 152 valence electrons. The van der Waals surface area contributed by atoms with Crippen molar-refractivity contribution in [3.8, 4) is 6.07 Å². The van der Waals surface area contributed by atoms with Crippen LogP contribution in [-0.2, 0) is 11.6 Å². The molecular weight excluding hydrogens is 398 g/mol. The van der Waals surface area contributed by atoms with E-state index in [9.17, 15) is 5.26 Å². The summed E-state index contributed by atoms with van der Waals surface area (Å²) in [4.78, 5) is 0. The Labute approximate surface area is 183 Å². The van der Waals surface area contributed by atoms with Crippen LogP contribution in [0.4, 0.5) is 0 Å². The molecule has 0 bridgehead atoms. The Hall–Kier alpha value is -3.88. The molecule has 31 heavy (non-hydrogen) atoms. The molecule has 0 aliphatic heterocycles. The molecule has 0 saturated heterocycles. The summed E-state index contributed by atoms with van der Waals surface area (Å²) in [6.07, 6.45) is 1.86. The molecule has 0 aliphatic carbocycles. The largest absolute Gasteiger partial charge is 0.438 e. The van der Waals surface area contributed by atoms with Crippen LogP contribution in [0.1, 0.15) is 18.2 Å². The van der Waals surface area contributed by atoms with Gasteiger partial charge in [-0.3, -0.25) is 0 Å². The zero-order chi connectivity index (χ0) is 21.7. The SMILES string of the molecule is CC(=NO[Si](c1ccccc1)(c1ccccc1)c1ccccc1)c1c(C#N)ccn1C. The standard InChI is InChI=1S/C26H23N3OSi/c1-21(26-22(20-27)18-19-29(26)2)28-30-31(23-12-6-3-7-13-23,24-14-8-4-9-15-24)25-16-10-5-11-17-25/h3-19H,1-2H3. The van der Waals surface area contributed by atoms with Crippen LogP contribution in [0.25, 0.3) is 0 Å². The molecule has 0 amide bonds. The van der Waals surface area contributed by atoms with E-state index in [0.717, 1.165) is 21.3 Å². The molecule has 0 N–H and O–H groups in total. The highest BCUT2D eigenvalue weighted by Crippen LogP contribution is 2.14. The summed E-state index contributed by atoms with van der Waals surface area (Å²) >= 11 is 0. The van der Waals surface area contributed by atoms with Crippen LogP contribution < -0.4 is 15.6 Å². The number of oxime groups is 1. The van der Waals surface area contributed by atoms with Crippen LogP contribution in [0.15, 0.2) is 108 Å². The monoisotopic (exact) mass is 421 g/mol. The van der Waals surface area contributed by atoms with E-state index in [1.54, 1.807) is 6.07 Å². The van der Waals surface area contributed by atoms with E-state index < -0.39 is 8.32 Å². The van der Waals surface area contributed by atoms with E-state index in [-0.39, 0.29) is 0 Å². The van der Waals surface area contributed by atoms with Crippen LogP contribution in [0, 0.1) is 11.3 Å². The number of hydrogen-bond donors (Lipinski definition) is 0. The number of aromatic nitrogens is 1. The Morgan fingerprint density at radius 2 is 1.26 bits per heavy atom. The molecule has 1 heterocycles. The van der Waals surface area contributed by atoms with E-state index in [1.165, 1.54) is 0 Å². The Morgan fingerprint density at radius 1 is 0.806 bits per heavy atom. The minimum atomic E-state index is -2.92. The van der Waals surface area contributed by atoms with Gasteiger partial charge in [-0.15, -0.1) is 5.16 Å². The van der Waals surface area contributed by atoms with Gasteiger partial charge in [0.05, 0.1) is 11.3 Å². The van der Waals surface area contributed by atoms with Crippen LogP contribution in [-0.4, -0.2) is 18.6 Å². The highest BCUT2D eigenvalue weighted by Gasteiger charge is 2.45. The van der Waals surface area contributed by atoms with Crippen molar-refractivity contribution in [2.75, 3.05) is 0 Å². The van der Waals surface area contributed by atoms with Crippen molar-refractivity contribution in [2.45, 2.75) is 6.92 Å². The Morgan fingerprint density at radius 3 is 1.68 bits per heavy atom. The third-order valence-electron chi connectivity index (χ3n) is 5.40. The van der Waals surface area contributed by atoms with Gasteiger partial charge in [-0.05, 0) is 28.6 Å². The maximum Gasteiger partial charge on any atom is 0.380 e. The molecule has 0 spiro atoms. The van der Waals surface area contributed by atoms with Crippen LogP contribution in [0.2, 0.25) is 0 Å². The fourth-order valence-electron chi connectivity index (χ4n) is 3.93. The van der Waals surface area contributed by atoms with Gasteiger partial charge in [0.2, 0.25) is 0 Å². The van der Waals surface area contributed by atoms with Crippen molar-refractivity contribution in [3.63, 3.8) is 0 Å². The van der Waals surface area contributed by atoms with Gasteiger partial charge in [0.15, 0.2) is 0 Å². The van der Waals surface area contributed by atoms with E-state index in [1.807, 2.05) is 79.3 Å². The molecule has 5 heteroatoms. The van der Waals surface area contributed by atoms with Crippen molar-refractivity contribution in [3.05, 3.63) is 115 Å². The number of aryl methyl sites for hydroxylation is 1. The van der Waals surface area contributed by atoms with Crippen molar-refractivity contribution in [1.82, 2.24) is 4.57 Å². The smallest absolute Gasteiger partial charge is 0.380 e. The lowest BCUT2D eigenvalue weighted by Crippen LogP contribution is -2.68.